The van der Waals surface area contributed by atoms with Crippen molar-refractivity contribution in [1.82, 2.24) is 15.4 Å². The van der Waals surface area contributed by atoms with Gasteiger partial charge in [0.2, 0.25) is 17.7 Å². The SMILES string of the molecule is COc1ccnc(NNC(=O)[C@H]2C[C@H]3CC[C@H]2C3)n1. The highest BCUT2D eigenvalue weighted by Gasteiger charge is 2.43. The first-order valence-electron chi connectivity index (χ1n) is 6.69. The smallest absolute Gasteiger partial charge is 0.245 e. The number of nitrogens with one attached hydrogen (secondary N) is 2. The molecule has 19 heavy (non-hydrogen) atoms. The Balaban J connectivity index is 1.55. The van der Waals surface area contributed by atoms with Crippen LogP contribution in [-0.4, -0.2) is 23.0 Å². The summed E-state index contributed by atoms with van der Waals surface area (Å²) in [7, 11) is 1.54. The van der Waals surface area contributed by atoms with E-state index in [1.165, 1.54) is 19.3 Å². The van der Waals surface area contributed by atoms with Crippen molar-refractivity contribution in [2.45, 2.75) is 25.7 Å². The average molecular weight is 262 g/mol. The van der Waals surface area contributed by atoms with Gasteiger partial charge in [-0.15, -0.1) is 0 Å². The third-order valence-electron chi connectivity index (χ3n) is 4.21. The number of amides is 1. The molecule has 0 aliphatic heterocycles. The number of methoxy groups -OCH3 is 1. The molecule has 1 heterocycles. The second-order valence-electron chi connectivity index (χ2n) is 5.32. The summed E-state index contributed by atoms with van der Waals surface area (Å²) >= 11 is 0. The number of carbonyl (C=O) groups is 1. The van der Waals surface area contributed by atoms with Gasteiger partial charge in [-0.25, -0.2) is 4.98 Å². The standard InChI is InChI=1S/C13H18N4O2/c1-19-11-4-5-14-13(15-11)17-16-12(18)10-7-8-2-3-9(10)6-8/h4-5,8-10H,2-3,6-7H2,1H3,(H,16,18)(H,14,15,17)/t8-,9-,10-/m0/s1. The lowest BCUT2D eigenvalue weighted by molar-refractivity contribution is -0.126. The van der Waals surface area contributed by atoms with E-state index in [-0.39, 0.29) is 11.8 Å². The molecule has 6 heteroatoms. The molecule has 2 fully saturated rings. The Kier molecular flexibility index (Phi) is 3.23. The summed E-state index contributed by atoms with van der Waals surface area (Å²) in [5.41, 5.74) is 5.46. The minimum atomic E-state index is 0.0543. The predicted octanol–water partition coefficient (Wildman–Crippen LogP) is 1.36. The van der Waals surface area contributed by atoms with E-state index in [0.717, 1.165) is 12.3 Å². The molecule has 2 aliphatic carbocycles. The van der Waals surface area contributed by atoms with Crippen molar-refractivity contribution in [2.24, 2.45) is 17.8 Å². The van der Waals surface area contributed by atoms with Crippen LogP contribution in [0, 0.1) is 17.8 Å². The van der Waals surface area contributed by atoms with E-state index in [9.17, 15) is 4.79 Å². The first kappa shape index (κ1) is 12.2. The van der Waals surface area contributed by atoms with Gasteiger partial charge in [0.05, 0.1) is 7.11 Å². The van der Waals surface area contributed by atoms with E-state index < -0.39 is 0 Å². The van der Waals surface area contributed by atoms with Crippen molar-refractivity contribution in [3.05, 3.63) is 12.3 Å². The third-order valence-corrected chi connectivity index (χ3v) is 4.21. The second kappa shape index (κ2) is 5.03. The van der Waals surface area contributed by atoms with Crippen molar-refractivity contribution in [3.8, 4) is 5.88 Å². The molecule has 2 saturated carbocycles. The van der Waals surface area contributed by atoms with Crippen molar-refractivity contribution < 1.29 is 9.53 Å². The number of fused-ring (bicyclic) bond motifs is 2. The molecule has 3 rings (SSSR count). The first-order valence-corrected chi connectivity index (χ1v) is 6.69. The maximum Gasteiger partial charge on any atom is 0.245 e. The quantitative estimate of drug-likeness (QED) is 0.801. The van der Waals surface area contributed by atoms with Crippen molar-refractivity contribution >= 4 is 11.9 Å². The average Bonchev–Trinajstić information content (AvgIpc) is 3.07. The van der Waals surface area contributed by atoms with Crippen LogP contribution in [0.4, 0.5) is 5.95 Å². The number of nitrogens with zero attached hydrogens (tertiary/aromatic N) is 2. The highest BCUT2D eigenvalue weighted by molar-refractivity contribution is 5.80. The molecular weight excluding hydrogens is 244 g/mol. The van der Waals surface area contributed by atoms with Crippen molar-refractivity contribution in [1.29, 1.82) is 0 Å². The Labute approximate surface area is 111 Å². The lowest BCUT2D eigenvalue weighted by Crippen LogP contribution is -2.37. The van der Waals surface area contributed by atoms with Crippen LogP contribution in [0.25, 0.3) is 0 Å². The third kappa shape index (κ3) is 2.47. The van der Waals surface area contributed by atoms with Crippen LogP contribution in [-0.2, 0) is 4.79 Å². The molecule has 2 aliphatic rings. The van der Waals surface area contributed by atoms with Crippen LogP contribution in [0.5, 0.6) is 5.88 Å². The zero-order chi connectivity index (χ0) is 13.2. The summed E-state index contributed by atoms with van der Waals surface area (Å²) in [5.74, 6) is 2.34. The fourth-order valence-electron chi connectivity index (χ4n) is 3.29. The number of anilines is 1. The Bertz CT molecular complexity index is 479. The first-order chi connectivity index (χ1) is 9.26. The van der Waals surface area contributed by atoms with Gasteiger partial charge >= 0.3 is 0 Å². The topological polar surface area (TPSA) is 76.1 Å². The molecule has 0 saturated heterocycles. The number of hydrazine groups is 1. The molecule has 1 aromatic rings. The summed E-state index contributed by atoms with van der Waals surface area (Å²) in [6.45, 7) is 0. The summed E-state index contributed by atoms with van der Waals surface area (Å²) in [5, 5.41) is 0. The summed E-state index contributed by atoms with van der Waals surface area (Å²) in [6.07, 6.45) is 6.31. The normalized spacial score (nSPS) is 28.2. The van der Waals surface area contributed by atoms with E-state index in [2.05, 4.69) is 20.8 Å². The monoisotopic (exact) mass is 262 g/mol. The molecule has 0 radical (unpaired) electrons. The van der Waals surface area contributed by atoms with Gasteiger partial charge in [0.25, 0.3) is 0 Å². The van der Waals surface area contributed by atoms with Crippen LogP contribution in [0.3, 0.4) is 0 Å². The van der Waals surface area contributed by atoms with Crippen LogP contribution in [0.2, 0.25) is 0 Å². The zero-order valence-electron chi connectivity index (χ0n) is 10.9. The van der Waals surface area contributed by atoms with Crippen LogP contribution < -0.4 is 15.6 Å². The molecule has 1 amide bonds. The number of ether oxygens (including phenoxy) is 1. The van der Waals surface area contributed by atoms with Gasteiger partial charge in [0.1, 0.15) is 0 Å². The maximum atomic E-state index is 12.1. The second-order valence-corrected chi connectivity index (χ2v) is 5.32. The largest absolute Gasteiger partial charge is 0.481 e. The van der Waals surface area contributed by atoms with E-state index in [1.807, 2.05) is 0 Å². The Morgan fingerprint density at radius 3 is 3.00 bits per heavy atom. The van der Waals surface area contributed by atoms with Gasteiger partial charge in [-0.1, -0.05) is 6.42 Å². The number of hydrogen-bond acceptors (Lipinski definition) is 5. The Morgan fingerprint density at radius 1 is 1.42 bits per heavy atom. The zero-order valence-corrected chi connectivity index (χ0v) is 10.9. The fraction of sp³-hybridized carbons (Fsp3) is 0.615. The maximum absolute atomic E-state index is 12.1. The molecule has 6 nitrogen and oxygen atoms in total. The van der Waals surface area contributed by atoms with Gasteiger partial charge in [0, 0.05) is 18.2 Å². The number of aromatic nitrogens is 2. The van der Waals surface area contributed by atoms with Gasteiger partial charge < -0.3 is 4.74 Å². The minimum absolute atomic E-state index is 0.0543. The highest BCUT2D eigenvalue weighted by atomic mass is 16.5. The molecule has 2 bridgehead atoms. The summed E-state index contributed by atoms with van der Waals surface area (Å²) in [6, 6.07) is 1.66. The molecule has 0 unspecified atom stereocenters. The van der Waals surface area contributed by atoms with E-state index >= 15 is 0 Å². The molecule has 0 aromatic carbocycles. The predicted molar refractivity (Wildman–Crippen MR) is 69.3 cm³/mol. The van der Waals surface area contributed by atoms with Gasteiger partial charge in [0.15, 0.2) is 0 Å². The number of rotatable bonds is 4. The molecule has 2 N–H and O–H groups in total. The van der Waals surface area contributed by atoms with Crippen LogP contribution in [0.15, 0.2) is 12.3 Å². The Morgan fingerprint density at radius 2 is 2.32 bits per heavy atom. The molecule has 3 atom stereocenters. The molecule has 0 spiro atoms. The summed E-state index contributed by atoms with van der Waals surface area (Å²) in [4.78, 5) is 20.2. The van der Waals surface area contributed by atoms with Crippen molar-refractivity contribution in [2.75, 3.05) is 12.5 Å². The van der Waals surface area contributed by atoms with Gasteiger partial charge in [-0.3, -0.25) is 15.6 Å². The van der Waals surface area contributed by atoms with Gasteiger partial charge in [-0.2, -0.15) is 4.98 Å². The molecule has 102 valence electrons. The summed E-state index contributed by atoms with van der Waals surface area (Å²) < 4.78 is 5.00. The van der Waals surface area contributed by atoms with Gasteiger partial charge in [-0.05, 0) is 31.1 Å². The minimum Gasteiger partial charge on any atom is -0.481 e. The lowest BCUT2D eigenvalue weighted by Gasteiger charge is -2.20. The van der Waals surface area contributed by atoms with E-state index in [0.29, 0.717) is 17.7 Å². The fourth-order valence-corrected chi connectivity index (χ4v) is 3.29. The van der Waals surface area contributed by atoms with E-state index in [1.54, 1.807) is 19.4 Å². The number of hydrogen-bond donors (Lipinski definition) is 2. The highest BCUT2D eigenvalue weighted by Crippen LogP contribution is 2.48. The van der Waals surface area contributed by atoms with E-state index in [4.69, 9.17) is 4.74 Å². The molecule has 1 aromatic heterocycles. The Hall–Kier alpha value is -1.85. The number of carbonyl (C=O) groups excluding carboxylic acids is 1. The lowest BCUT2D eigenvalue weighted by atomic mass is 9.88. The van der Waals surface area contributed by atoms with Crippen molar-refractivity contribution in [3.63, 3.8) is 0 Å². The molecular formula is C13H18N4O2. The van der Waals surface area contributed by atoms with Crippen LogP contribution in [0.1, 0.15) is 25.7 Å². The van der Waals surface area contributed by atoms with Crippen LogP contribution >= 0.6 is 0 Å².